The fourth-order valence-corrected chi connectivity index (χ4v) is 3.77. The van der Waals surface area contributed by atoms with Gasteiger partial charge in [0.25, 0.3) is 5.91 Å². The summed E-state index contributed by atoms with van der Waals surface area (Å²) in [6.45, 7) is 0. The molecule has 3 aromatic carbocycles. The predicted octanol–water partition coefficient (Wildman–Crippen LogP) is 5.27. The van der Waals surface area contributed by atoms with Crippen LogP contribution in [0.5, 0.6) is 0 Å². The average molecular weight is 398 g/mol. The lowest BCUT2D eigenvalue weighted by molar-refractivity contribution is 0.102. The minimum absolute atomic E-state index is 0.261. The van der Waals surface area contributed by atoms with Gasteiger partial charge in [-0.2, -0.15) is 0 Å². The Morgan fingerprint density at radius 2 is 1.59 bits per heavy atom. The number of carbonyl (C=O) groups excluding carboxylic acids is 1. The van der Waals surface area contributed by atoms with Crippen molar-refractivity contribution in [1.82, 2.24) is 15.4 Å². The van der Waals surface area contributed by atoms with Crippen molar-refractivity contribution in [3.8, 4) is 21.9 Å². The van der Waals surface area contributed by atoms with Crippen LogP contribution in [0, 0.1) is 0 Å². The predicted molar refractivity (Wildman–Crippen MR) is 113 cm³/mol. The molecule has 29 heavy (non-hydrogen) atoms. The van der Waals surface area contributed by atoms with Gasteiger partial charge in [-0.1, -0.05) is 77.2 Å². The molecule has 0 fully saturated rings. The third-order valence-corrected chi connectivity index (χ3v) is 5.33. The molecule has 1 amide bonds. The number of rotatable bonds is 4. The molecule has 0 aliphatic heterocycles. The fourth-order valence-electron chi connectivity index (χ4n) is 3.02. The normalized spacial score (nSPS) is 10.9. The first-order valence-electron chi connectivity index (χ1n) is 8.93. The number of anilines is 1. The molecular weight excluding hydrogens is 384 g/mol. The molecule has 0 radical (unpaired) electrons. The topological polar surface area (TPSA) is 80.9 Å². The summed E-state index contributed by atoms with van der Waals surface area (Å²) in [5.74, 6) is 0.375. The van der Waals surface area contributed by atoms with Crippen LogP contribution < -0.4 is 5.32 Å². The Morgan fingerprint density at radius 1 is 0.862 bits per heavy atom. The van der Waals surface area contributed by atoms with Crippen LogP contribution in [0.25, 0.3) is 32.8 Å². The van der Waals surface area contributed by atoms with Crippen LogP contribution in [-0.4, -0.2) is 21.3 Å². The molecule has 0 bridgehead atoms. The van der Waals surface area contributed by atoms with Crippen LogP contribution in [-0.2, 0) is 0 Å². The zero-order chi connectivity index (χ0) is 19.6. The van der Waals surface area contributed by atoms with E-state index in [2.05, 4.69) is 20.7 Å². The largest absolute Gasteiger partial charge is 0.355 e. The second-order valence-electron chi connectivity index (χ2n) is 6.34. The number of fused-ring (bicyclic) bond motifs is 1. The SMILES string of the molecule is O=C(Nc1nnc(-c2ccccc2)s1)c1ccc2noc(-c3ccccc3)c2c1. The standard InChI is InChI=1S/C22H14N4O2S/c27-20(23-22-25-24-21(29-22)15-9-5-2-6-10-15)16-11-12-18-17(13-16)19(28-26-18)14-7-3-1-4-8-14/h1-13H,(H,23,25,27). The summed E-state index contributed by atoms with van der Waals surface area (Å²) in [5.41, 5.74) is 3.06. The molecule has 6 nitrogen and oxygen atoms in total. The quantitative estimate of drug-likeness (QED) is 0.446. The van der Waals surface area contributed by atoms with Crippen molar-refractivity contribution in [3.63, 3.8) is 0 Å². The van der Waals surface area contributed by atoms with E-state index in [1.54, 1.807) is 18.2 Å². The van der Waals surface area contributed by atoms with E-state index in [1.165, 1.54) is 11.3 Å². The van der Waals surface area contributed by atoms with Gasteiger partial charge in [0.05, 0.1) is 5.39 Å². The summed E-state index contributed by atoms with van der Waals surface area (Å²) in [6.07, 6.45) is 0. The highest BCUT2D eigenvalue weighted by atomic mass is 32.1. The summed E-state index contributed by atoms with van der Waals surface area (Å²) in [5, 5.41) is 17.1. The Balaban J connectivity index is 1.42. The second-order valence-corrected chi connectivity index (χ2v) is 7.32. The molecule has 7 heteroatoms. The van der Waals surface area contributed by atoms with Gasteiger partial charge in [-0.3, -0.25) is 10.1 Å². The van der Waals surface area contributed by atoms with Crippen molar-refractivity contribution in [2.24, 2.45) is 0 Å². The molecule has 2 heterocycles. The van der Waals surface area contributed by atoms with Crippen LogP contribution in [0.1, 0.15) is 10.4 Å². The van der Waals surface area contributed by atoms with Gasteiger partial charge < -0.3 is 4.52 Å². The van der Waals surface area contributed by atoms with Crippen LogP contribution in [0.15, 0.2) is 83.4 Å². The highest BCUT2D eigenvalue weighted by Gasteiger charge is 2.15. The first kappa shape index (κ1) is 17.3. The molecule has 0 saturated heterocycles. The number of nitrogens with zero attached hydrogens (tertiary/aromatic N) is 3. The number of benzene rings is 3. The molecule has 0 spiro atoms. The Labute approximate surface area is 169 Å². The minimum atomic E-state index is -0.261. The summed E-state index contributed by atoms with van der Waals surface area (Å²) >= 11 is 1.33. The van der Waals surface area contributed by atoms with Gasteiger partial charge in [0, 0.05) is 16.7 Å². The highest BCUT2D eigenvalue weighted by molar-refractivity contribution is 7.18. The summed E-state index contributed by atoms with van der Waals surface area (Å²) < 4.78 is 5.50. The zero-order valence-electron chi connectivity index (χ0n) is 15.1. The van der Waals surface area contributed by atoms with Gasteiger partial charge in [0.15, 0.2) is 5.76 Å². The lowest BCUT2D eigenvalue weighted by Crippen LogP contribution is -2.11. The van der Waals surface area contributed by atoms with E-state index in [-0.39, 0.29) is 5.91 Å². The molecule has 0 atom stereocenters. The number of hydrogen-bond acceptors (Lipinski definition) is 6. The number of aromatic nitrogens is 3. The van der Waals surface area contributed by atoms with Crippen molar-refractivity contribution in [2.75, 3.05) is 5.32 Å². The second kappa shape index (κ2) is 7.29. The monoisotopic (exact) mass is 398 g/mol. The van der Waals surface area contributed by atoms with Gasteiger partial charge in [-0.25, -0.2) is 0 Å². The third-order valence-electron chi connectivity index (χ3n) is 4.44. The molecule has 5 aromatic rings. The Bertz CT molecular complexity index is 1300. The first-order chi connectivity index (χ1) is 14.3. The van der Waals surface area contributed by atoms with Crippen LogP contribution in [0.4, 0.5) is 5.13 Å². The minimum Gasteiger partial charge on any atom is -0.355 e. The molecule has 5 rings (SSSR count). The number of nitrogens with one attached hydrogen (secondary N) is 1. The molecule has 0 aliphatic carbocycles. The van der Waals surface area contributed by atoms with E-state index in [9.17, 15) is 4.79 Å². The van der Waals surface area contributed by atoms with Crippen molar-refractivity contribution in [1.29, 1.82) is 0 Å². The van der Waals surface area contributed by atoms with E-state index in [1.807, 2.05) is 60.7 Å². The third kappa shape index (κ3) is 3.39. The smallest absolute Gasteiger partial charge is 0.257 e. The zero-order valence-corrected chi connectivity index (χ0v) is 15.9. The van der Waals surface area contributed by atoms with Crippen molar-refractivity contribution in [2.45, 2.75) is 0 Å². The van der Waals surface area contributed by atoms with Crippen molar-refractivity contribution >= 4 is 33.3 Å². The van der Waals surface area contributed by atoms with E-state index < -0.39 is 0 Å². The first-order valence-corrected chi connectivity index (χ1v) is 9.75. The number of amides is 1. The lowest BCUT2D eigenvalue weighted by Gasteiger charge is -2.02. The van der Waals surface area contributed by atoms with Gasteiger partial charge in [0.2, 0.25) is 5.13 Å². The molecule has 0 aliphatic rings. The van der Waals surface area contributed by atoms with E-state index >= 15 is 0 Å². The lowest BCUT2D eigenvalue weighted by atomic mass is 10.1. The van der Waals surface area contributed by atoms with Crippen molar-refractivity contribution < 1.29 is 9.32 Å². The number of carbonyl (C=O) groups is 1. The molecule has 0 saturated carbocycles. The fraction of sp³-hybridized carbons (Fsp3) is 0. The Morgan fingerprint density at radius 3 is 2.34 bits per heavy atom. The van der Waals surface area contributed by atoms with Crippen LogP contribution >= 0.6 is 11.3 Å². The van der Waals surface area contributed by atoms with E-state index in [0.717, 1.165) is 21.5 Å². The Kier molecular flexibility index (Phi) is 4.34. The van der Waals surface area contributed by atoms with Crippen LogP contribution in [0.3, 0.4) is 0 Å². The van der Waals surface area contributed by atoms with Crippen LogP contribution in [0.2, 0.25) is 0 Å². The van der Waals surface area contributed by atoms with Gasteiger partial charge in [-0.15, -0.1) is 10.2 Å². The van der Waals surface area contributed by atoms with E-state index in [0.29, 0.717) is 22.0 Å². The Hall–Kier alpha value is -3.84. The highest BCUT2D eigenvalue weighted by Crippen LogP contribution is 2.30. The molecule has 140 valence electrons. The average Bonchev–Trinajstić information content (AvgIpc) is 3.41. The van der Waals surface area contributed by atoms with Gasteiger partial charge >= 0.3 is 0 Å². The summed E-state index contributed by atoms with van der Waals surface area (Å²) in [6, 6.07) is 24.7. The maximum atomic E-state index is 12.7. The van der Waals surface area contributed by atoms with E-state index in [4.69, 9.17) is 4.52 Å². The molecular formula is C22H14N4O2S. The summed E-state index contributed by atoms with van der Waals surface area (Å²) in [4.78, 5) is 12.7. The molecule has 2 aromatic heterocycles. The van der Waals surface area contributed by atoms with Gasteiger partial charge in [0.1, 0.15) is 10.5 Å². The maximum Gasteiger partial charge on any atom is 0.257 e. The van der Waals surface area contributed by atoms with Crippen molar-refractivity contribution in [3.05, 3.63) is 84.4 Å². The molecule has 1 N–H and O–H groups in total. The molecule has 0 unspecified atom stereocenters. The maximum absolute atomic E-state index is 12.7. The number of hydrogen-bond donors (Lipinski definition) is 1. The van der Waals surface area contributed by atoms with Gasteiger partial charge in [-0.05, 0) is 18.2 Å². The summed E-state index contributed by atoms with van der Waals surface area (Å²) in [7, 11) is 0.